The number of carboxylic acid groups (broad SMARTS) is 1. The molecule has 0 aliphatic heterocycles. The molecule has 1 aromatic carbocycles. The minimum atomic E-state index is -1.08. The first-order valence-corrected chi connectivity index (χ1v) is 6.05. The Morgan fingerprint density at radius 3 is 2.80 bits per heavy atom. The first-order chi connectivity index (χ1) is 9.63. The van der Waals surface area contributed by atoms with Gasteiger partial charge in [-0.3, -0.25) is 0 Å². The fraction of sp³-hybridized carbons (Fsp3) is 0.286. The molecule has 0 saturated heterocycles. The molecule has 6 nitrogen and oxygen atoms in total. The second-order valence-corrected chi connectivity index (χ2v) is 3.87. The lowest BCUT2D eigenvalue weighted by atomic mass is 10.3. The first kappa shape index (κ1) is 15.4. The summed E-state index contributed by atoms with van der Waals surface area (Å²) < 4.78 is 5.07. The number of ether oxygens (including phenoxy) is 1. The fourth-order valence-electron chi connectivity index (χ4n) is 1.39. The van der Waals surface area contributed by atoms with E-state index in [1.807, 2.05) is 0 Å². The SMILES string of the molecule is C#CCCCNC(=O)Nc1ccccc1OCC(=O)O. The van der Waals surface area contributed by atoms with Crippen LogP contribution in [0.15, 0.2) is 24.3 Å². The normalized spacial score (nSPS) is 9.35. The van der Waals surface area contributed by atoms with Crippen molar-refractivity contribution < 1.29 is 19.4 Å². The van der Waals surface area contributed by atoms with Crippen LogP contribution in [0.5, 0.6) is 5.75 Å². The number of carboxylic acids is 1. The van der Waals surface area contributed by atoms with Gasteiger partial charge in [0.2, 0.25) is 0 Å². The van der Waals surface area contributed by atoms with E-state index in [4.69, 9.17) is 16.3 Å². The van der Waals surface area contributed by atoms with Crippen LogP contribution < -0.4 is 15.4 Å². The van der Waals surface area contributed by atoms with E-state index in [9.17, 15) is 9.59 Å². The van der Waals surface area contributed by atoms with Crippen molar-refractivity contribution in [1.82, 2.24) is 5.32 Å². The number of aliphatic carboxylic acids is 1. The predicted molar refractivity (Wildman–Crippen MR) is 74.7 cm³/mol. The summed E-state index contributed by atoms with van der Waals surface area (Å²) in [5.41, 5.74) is 0.406. The third-order valence-electron chi connectivity index (χ3n) is 2.27. The largest absolute Gasteiger partial charge is 0.480 e. The highest BCUT2D eigenvalue weighted by Crippen LogP contribution is 2.23. The molecule has 0 atom stereocenters. The lowest BCUT2D eigenvalue weighted by molar-refractivity contribution is -0.139. The van der Waals surface area contributed by atoms with Crippen molar-refractivity contribution in [3.8, 4) is 18.1 Å². The number of terminal acetylenes is 1. The molecule has 0 aliphatic carbocycles. The van der Waals surface area contributed by atoms with Crippen molar-refractivity contribution in [1.29, 1.82) is 0 Å². The predicted octanol–water partition coefficient (Wildman–Crippen LogP) is 1.68. The van der Waals surface area contributed by atoms with E-state index in [0.29, 0.717) is 30.8 Å². The number of benzene rings is 1. The van der Waals surface area contributed by atoms with Crippen LogP contribution in [-0.4, -0.2) is 30.3 Å². The molecule has 6 heteroatoms. The van der Waals surface area contributed by atoms with Gasteiger partial charge in [-0.15, -0.1) is 12.3 Å². The van der Waals surface area contributed by atoms with E-state index in [-0.39, 0.29) is 0 Å². The Bertz CT molecular complexity index is 508. The van der Waals surface area contributed by atoms with E-state index < -0.39 is 18.6 Å². The third-order valence-corrected chi connectivity index (χ3v) is 2.27. The standard InChI is InChI=1S/C14H16N2O4/c1-2-3-6-9-15-14(19)16-11-7-4-5-8-12(11)20-10-13(17)18/h1,4-5,7-8H,3,6,9-10H2,(H,17,18)(H2,15,16,19). The molecular weight excluding hydrogens is 260 g/mol. The maximum absolute atomic E-state index is 11.6. The summed E-state index contributed by atoms with van der Waals surface area (Å²) in [4.78, 5) is 22.1. The van der Waals surface area contributed by atoms with Crippen LogP contribution in [-0.2, 0) is 4.79 Å². The molecule has 1 rings (SSSR count). The fourth-order valence-corrected chi connectivity index (χ4v) is 1.39. The molecule has 106 valence electrons. The van der Waals surface area contributed by atoms with E-state index >= 15 is 0 Å². The number of unbranched alkanes of at least 4 members (excludes halogenated alkanes) is 1. The van der Waals surface area contributed by atoms with Gasteiger partial charge in [0.05, 0.1) is 5.69 Å². The van der Waals surface area contributed by atoms with Crippen LogP contribution in [0.2, 0.25) is 0 Å². The zero-order valence-electron chi connectivity index (χ0n) is 10.9. The van der Waals surface area contributed by atoms with Gasteiger partial charge in [-0.25, -0.2) is 9.59 Å². The summed E-state index contributed by atoms with van der Waals surface area (Å²) in [6.45, 7) is -0.00331. The maximum Gasteiger partial charge on any atom is 0.341 e. The van der Waals surface area contributed by atoms with Crippen molar-refractivity contribution in [3.05, 3.63) is 24.3 Å². The zero-order valence-corrected chi connectivity index (χ0v) is 10.9. The molecule has 0 unspecified atom stereocenters. The van der Waals surface area contributed by atoms with Gasteiger partial charge in [-0.05, 0) is 18.6 Å². The van der Waals surface area contributed by atoms with Gasteiger partial charge in [-0.1, -0.05) is 12.1 Å². The van der Waals surface area contributed by atoms with E-state index in [0.717, 1.165) is 0 Å². The molecular formula is C14H16N2O4. The topological polar surface area (TPSA) is 87.7 Å². The summed E-state index contributed by atoms with van der Waals surface area (Å²) in [5.74, 6) is 1.70. The van der Waals surface area contributed by atoms with Crippen LogP contribution in [0.25, 0.3) is 0 Å². The summed E-state index contributed by atoms with van der Waals surface area (Å²) in [7, 11) is 0. The molecule has 2 amide bonds. The van der Waals surface area contributed by atoms with Crippen molar-refractivity contribution >= 4 is 17.7 Å². The third kappa shape index (κ3) is 5.78. The van der Waals surface area contributed by atoms with Crippen molar-refractivity contribution in [2.45, 2.75) is 12.8 Å². The van der Waals surface area contributed by atoms with Crippen LogP contribution in [0.4, 0.5) is 10.5 Å². The van der Waals surface area contributed by atoms with Gasteiger partial charge in [-0.2, -0.15) is 0 Å². The highest BCUT2D eigenvalue weighted by atomic mass is 16.5. The molecule has 1 aromatic rings. The summed E-state index contributed by atoms with van der Waals surface area (Å²) >= 11 is 0. The highest BCUT2D eigenvalue weighted by molar-refractivity contribution is 5.90. The molecule has 0 heterocycles. The Morgan fingerprint density at radius 2 is 2.10 bits per heavy atom. The van der Waals surface area contributed by atoms with Gasteiger partial charge in [0.15, 0.2) is 6.61 Å². The van der Waals surface area contributed by atoms with Crippen molar-refractivity contribution in [2.75, 3.05) is 18.5 Å². The number of urea groups is 1. The van der Waals surface area contributed by atoms with Crippen LogP contribution >= 0.6 is 0 Å². The molecule has 0 bridgehead atoms. The number of hydrogen-bond acceptors (Lipinski definition) is 3. The molecule has 0 fully saturated rings. The second-order valence-electron chi connectivity index (χ2n) is 3.87. The molecule has 20 heavy (non-hydrogen) atoms. The number of carbonyl (C=O) groups is 2. The van der Waals surface area contributed by atoms with E-state index in [1.165, 1.54) is 0 Å². The van der Waals surface area contributed by atoms with E-state index in [2.05, 4.69) is 16.6 Å². The molecule has 0 spiro atoms. The quantitative estimate of drug-likeness (QED) is 0.522. The summed E-state index contributed by atoms with van der Waals surface area (Å²) in [6.07, 6.45) is 6.40. The second kappa shape index (κ2) is 8.43. The van der Waals surface area contributed by atoms with Gasteiger partial charge >= 0.3 is 12.0 Å². The van der Waals surface area contributed by atoms with Gasteiger partial charge < -0.3 is 20.5 Å². The average molecular weight is 276 g/mol. The number of hydrogen-bond donors (Lipinski definition) is 3. The first-order valence-electron chi connectivity index (χ1n) is 6.05. The van der Waals surface area contributed by atoms with Crippen LogP contribution in [0, 0.1) is 12.3 Å². The maximum atomic E-state index is 11.6. The van der Waals surface area contributed by atoms with E-state index in [1.54, 1.807) is 24.3 Å². The van der Waals surface area contributed by atoms with Gasteiger partial charge in [0, 0.05) is 13.0 Å². The summed E-state index contributed by atoms with van der Waals surface area (Å²) in [6, 6.07) is 6.21. The zero-order chi connectivity index (χ0) is 14.8. The Morgan fingerprint density at radius 1 is 1.35 bits per heavy atom. The Kier molecular flexibility index (Phi) is 6.48. The lowest BCUT2D eigenvalue weighted by Gasteiger charge is -2.11. The number of nitrogens with one attached hydrogen (secondary N) is 2. The Hall–Kier alpha value is -2.68. The number of para-hydroxylation sites is 2. The minimum Gasteiger partial charge on any atom is -0.480 e. The molecule has 3 N–H and O–H groups in total. The van der Waals surface area contributed by atoms with Crippen LogP contribution in [0.1, 0.15) is 12.8 Å². The molecule has 0 saturated carbocycles. The van der Waals surface area contributed by atoms with Gasteiger partial charge in [0.25, 0.3) is 0 Å². The molecule has 0 aliphatic rings. The smallest absolute Gasteiger partial charge is 0.341 e. The number of anilines is 1. The molecule has 0 aromatic heterocycles. The van der Waals surface area contributed by atoms with Crippen LogP contribution in [0.3, 0.4) is 0 Å². The minimum absolute atomic E-state index is 0.300. The van der Waals surface area contributed by atoms with Gasteiger partial charge in [0.1, 0.15) is 5.75 Å². The Labute approximate surface area is 117 Å². The number of carbonyl (C=O) groups excluding carboxylic acids is 1. The van der Waals surface area contributed by atoms with Crippen molar-refractivity contribution in [2.24, 2.45) is 0 Å². The Balaban J connectivity index is 2.51. The van der Waals surface area contributed by atoms with Crippen molar-refractivity contribution in [3.63, 3.8) is 0 Å². The highest BCUT2D eigenvalue weighted by Gasteiger charge is 2.08. The monoisotopic (exact) mass is 276 g/mol. The average Bonchev–Trinajstić information content (AvgIpc) is 2.42. The lowest BCUT2D eigenvalue weighted by Crippen LogP contribution is -2.29. The number of rotatable bonds is 7. The number of amides is 2. The molecule has 0 radical (unpaired) electrons. The summed E-state index contributed by atoms with van der Waals surface area (Å²) in [5, 5.41) is 13.8.